The highest BCUT2D eigenvalue weighted by Crippen LogP contribution is 2.40. The van der Waals surface area contributed by atoms with Gasteiger partial charge in [-0.3, -0.25) is 0 Å². The lowest BCUT2D eigenvalue weighted by atomic mass is 10.0. The zero-order valence-electron chi connectivity index (χ0n) is 11.9. The first-order valence-electron chi connectivity index (χ1n) is 6.29. The second-order valence-corrected chi connectivity index (χ2v) is 6.39. The van der Waals surface area contributed by atoms with Crippen LogP contribution in [0.2, 0.25) is 0 Å². The van der Waals surface area contributed by atoms with Crippen LogP contribution in [0.3, 0.4) is 0 Å². The molecule has 0 aliphatic heterocycles. The lowest BCUT2D eigenvalue weighted by molar-refractivity contribution is 0.351. The van der Waals surface area contributed by atoms with Gasteiger partial charge in [0, 0.05) is 16.1 Å². The molecule has 2 aromatic carbocycles. The van der Waals surface area contributed by atoms with Gasteiger partial charge in [-0.25, -0.2) is 4.39 Å². The molecule has 0 heterocycles. The van der Waals surface area contributed by atoms with Gasteiger partial charge >= 0.3 is 0 Å². The largest absolute Gasteiger partial charge is 0.493 e. The van der Waals surface area contributed by atoms with Crippen molar-refractivity contribution in [3.63, 3.8) is 0 Å². The normalized spacial score (nSPS) is 12.1. The monoisotopic (exact) mass is 416 g/mol. The van der Waals surface area contributed by atoms with Crippen molar-refractivity contribution in [3.05, 3.63) is 57.3 Å². The molecule has 0 saturated heterocycles. The zero-order valence-corrected chi connectivity index (χ0v) is 15.1. The third-order valence-electron chi connectivity index (χ3n) is 3.20. The molecule has 0 N–H and O–H groups in total. The van der Waals surface area contributed by atoms with Gasteiger partial charge in [-0.2, -0.15) is 0 Å². The third-order valence-corrected chi connectivity index (χ3v) is 4.91. The number of rotatable bonds is 4. The minimum atomic E-state index is -0.345. The van der Waals surface area contributed by atoms with Gasteiger partial charge in [-0.1, -0.05) is 49.6 Å². The van der Waals surface area contributed by atoms with Gasteiger partial charge in [0.15, 0.2) is 11.5 Å². The van der Waals surface area contributed by atoms with Crippen molar-refractivity contribution in [3.8, 4) is 11.5 Å². The second kappa shape index (κ2) is 6.79. The van der Waals surface area contributed by atoms with Gasteiger partial charge in [0.05, 0.1) is 19.0 Å². The molecule has 21 heavy (non-hydrogen) atoms. The number of ether oxygens (including phenoxy) is 2. The van der Waals surface area contributed by atoms with Crippen molar-refractivity contribution in [1.29, 1.82) is 0 Å². The summed E-state index contributed by atoms with van der Waals surface area (Å²) in [5.41, 5.74) is 2.57. The van der Waals surface area contributed by atoms with Crippen LogP contribution in [0.1, 0.15) is 21.5 Å². The van der Waals surface area contributed by atoms with Crippen molar-refractivity contribution >= 4 is 31.9 Å². The number of aryl methyl sites for hydroxylation is 1. The average molecular weight is 418 g/mol. The van der Waals surface area contributed by atoms with Crippen LogP contribution in [-0.4, -0.2) is 14.2 Å². The maximum atomic E-state index is 14.3. The van der Waals surface area contributed by atoms with Gasteiger partial charge in [0.1, 0.15) is 5.82 Å². The minimum Gasteiger partial charge on any atom is -0.493 e. The molecule has 1 atom stereocenters. The SMILES string of the molecule is COc1cc(F)c(C(Br)c2cc(C)ccc2Br)cc1OC. The zero-order chi connectivity index (χ0) is 15.6. The smallest absolute Gasteiger partial charge is 0.163 e. The Kier molecular flexibility index (Phi) is 5.27. The number of methoxy groups -OCH3 is 2. The Morgan fingerprint density at radius 1 is 1.00 bits per heavy atom. The molecule has 2 nitrogen and oxygen atoms in total. The van der Waals surface area contributed by atoms with Crippen LogP contribution in [0.5, 0.6) is 11.5 Å². The highest BCUT2D eigenvalue weighted by molar-refractivity contribution is 9.11. The Bertz CT molecular complexity index is 659. The summed E-state index contributed by atoms with van der Waals surface area (Å²) >= 11 is 7.08. The molecule has 0 aromatic heterocycles. The van der Waals surface area contributed by atoms with E-state index >= 15 is 0 Å². The van der Waals surface area contributed by atoms with E-state index in [-0.39, 0.29) is 10.6 Å². The molecule has 2 aromatic rings. The number of hydrogen-bond acceptors (Lipinski definition) is 2. The first-order valence-corrected chi connectivity index (χ1v) is 8.00. The molecule has 0 amide bonds. The Labute approximate surface area is 140 Å². The van der Waals surface area contributed by atoms with E-state index < -0.39 is 0 Å². The van der Waals surface area contributed by atoms with Crippen LogP contribution in [0, 0.1) is 12.7 Å². The second-order valence-electron chi connectivity index (χ2n) is 4.62. The van der Waals surface area contributed by atoms with Crippen LogP contribution in [0.15, 0.2) is 34.8 Å². The fourth-order valence-corrected chi connectivity index (χ4v) is 3.60. The molecule has 0 aliphatic carbocycles. The fraction of sp³-hybridized carbons (Fsp3) is 0.250. The first-order chi connectivity index (χ1) is 9.97. The van der Waals surface area contributed by atoms with Gasteiger partial charge in [-0.15, -0.1) is 0 Å². The Morgan fingerprint density at radius 3 is 2.24 bits per heavy atom. The minimum absolute atomic E-state index is 0.286. The van der Waals surface area contributed by atoms with Gasteiger partial charge in [0.25, 0.3) is 0 Å². The molecule has 0 fully saturated rings. The van der Waals surface area contributed by atoms with E-state index in [1.807, 2.05) is 25.1 Å². The van der Waals surface area contributed by atoms with E-state index in [4.69, 9.17) is 9.47 Å². The maximum Gasteiger partial charge on any atom is 0.163 e. The summed E-state index contributed by atoms with van der Waals surface area (Å²) in [5.74, 6) is 0.534. The van der Waals surface area contributed by atoms with E-state index in [2.05, 4.69) is 31.9 Å². The van der Waals surface area contributed by atoms with Gasteiger partial charge < -0.3 is 9.47 Å². The molecule has 112 valence electrons. The molecule has 5 heteroatoms. The standard InChI is InChI=1S/C16H15Br2FO2/c1-9-4-5-12(17)10(6-9)16(18)11-7-14(20-2)15(21-3)8-13(11)19/h4-8,16H,1-3H3. The summed E-state index contributed by atoms with van der Waals surface area (Å²) in [4.78, 5) is -0.286. The van der Waals surface area contributed by atoms with E-state index in [9.17, 15) is 4.39 Å². The Morgan fingerprint density at radius 2 is 1.62 bits per heavy atom. The lowest BCUT2D eigenvalue weighted by Crippen LogP contribution is -2.01. The lowest BCUT2D eigenvalue weighted by Gasteiger charge is -2.17. The van der Waals surface area contributed by atoms with E-state index in [0.717, 1.165) is 15.6 Å². The topological polar surface area (TPSA) is 18.5 Å². The van der Waals surface area contributed by atoms with Crippen molar-refractivity contribution in [2.24, 2.45) is 0 Å². The van der Waals surface area contributed by atoms with Crippen molar-refractivity contribution in [2.75, 3.05) is 14.2 Å². The Balaban J connectivity index is 2.52. The van der Waals surface area contributed by atoms with Crippen molar-refractivity contribution < 1.29 is 13.9 Å². The number of halogens is 3. The molecule has 0 aliphatic rings. The highest BCUT2D eigenvalue weighted by Gasteiger charge is 2.20. The number of benzene rings is 2. The fourth-order valence-electron chi connectivity index (χ4n) is 2.09. The summed E-state index contributed by atoms with van der Waals surface area (Å²) in [5, 5.41) is 0. The predicted octanol–water partition coefficient (Wildman–Crippen LogP) is 5.40. The summed E-state index contributed by atoms with van der Waals surface area (Å²) in [6, 6.07) is 8.96. The molecule has 0 bridgehead atoms. The third kappa shape index (κ3) is 3.40. The molecule has 2 rings (SSSR count). The average Bonchev–Trinajstić information content (AvgIpc) is 2.48. The number of alkyl halides is 1. The predicted molar refractivity (Wildman–Crippen MR) is 89.2 cm³/mol. The molecule has 0 saturated carbocycles. The van der Waals surface area contributed by atoms with Crippen LogP contribution < -0.4 is 9.47 Å². The van der Waals surface area contributed by atoms with E-state index in [1.165, 1.54) is 20.3 Å². The van der Waals surface area contributed by atoms with Crippen LogP contribution in [0.4, 0.5) is 4.39 Å². The molecule has 1 unspecified atom stereocenters. The summed E-state index contributed by atoms with van der Waals surface area (Å²) in [6.45, 7) is 2.00. The van der Waals surface area contributed by atoms with Crippen molar-refractivity contribution in [2.45, 2.75) is 11.8 Å². The molecule has 0 radical (unpaired) electrons. The maximum absolute atomic E-state index is 14.3. The van der Waals surface area contributed by atoms with Crippen LogP contribution in [-0.2, 0) is 0 Å². The van der Waals surface area contributed by atoms with Gasteiger partial charge in [-0.05, 0) is 24.6 Å². The Hall–Kier alpha value is -1.07. The molecular weight excluding hydrogens is 403 g/mol. The van der Waals surface area contributed by atoms with Crippen LogP contribution >= 0.6 is 31.9 Å². The first kappa shape index (κ1) is 16.3. The summed E-state index contributed by atoms with van der Waals surface area (Å²) < 4.78 is 25.6. The van der Waals surface area contributed by atoms with Crippen LogP contribution in [0.25, 0.3) is 0 Å². The number of hydrogen-bond donors (Lipinski definition) is 0. The molecular formula is C16H15Br2FO2. The van der Waals surface area contributed by atoms with E-state index in [0.29, 0.717) is 17.1 Å². The summed E-state index contributed by atoms with van der Waals surface area (Å²) in [7, 11) is 3.02. The highest BCUT2D eigenvalue weighted by atomic mass is 79.9. The molecule has 0 spiro atoms. The van der Waals surface area contributed by atoms with E-state index in [1.54, 1.807) is 6.07 Å². The quantitative estimate of drug-likeness (QED) is 0.620. The van der Waals surface area contributed by atoms with Gasteiger partial charge in [0.2, 0.25) is 0 Å². The van der Waals surface area contributed by atoms with Crippen molar-refractivity contribution in [1.82, 2.24) is 0 Å². The summed E-state index contributed by atoms with van der Waals surface area (Å²) in [6.07, 6.45) is 0.